The lowest BCUT2D eigenvalue weighted by atomic mass is 10.0. The number of hydrogen-bond acceptors (Lipinski definition) is 4. The van der Waals surface area contributed by atoms with E-state index in [4.69, 9.17) is 0 Å². The van der Waals surface area contributed by atoms with E-state index in [0.29, 0.717) is 5.56 Å². The number of aryl methyl sites for hydroxylation is 1. The molecule has 1 fully saturated rings. The highest BCUT2D eigenvalue weighted by molar-refractivity contribution is 9.10. The molecule has 150 valence electrons. The van der Waals surface area contributed by atoms with Crippen molar-refractivity contribution in [2.24, 2.45) is 0 Å². The summed E-state index contributed by atoms with van der Waals surface area (Å²) in [5, 5.41) is 3.99. The molecule has 1 amide bonds. The Labute approximate surface area is 184 Å². The Morgan fingerprint density at radius 1 is 1.17 bits per heavy atom. The molecule has 1 aliphatic heterocycles. The Bertz CT molecular complexity index is 1060. The molecule has 2 aromatic carbocycles. The highest BCUT2D eigenvalue weighted by Crippen LogP contribution is 2.26. The third-order valence-corrected chi connectivity index (χ3v) is 6.77. The van der Waals surface area contributed by atoms with Gasteiger partial charge in [-0.2, -0.15) is 11.8 Å². The van der Waals surface area contributed by atoms with Gasteiger partial charge in [0.15, 0.2) is 0 Å². The molecule has 1 saturated heterocycles. The Kier molecular flexibility index (Phi) is 6.23. The predicted molar refractivity (Wildman–Crippen MR) is 126 cm³/mol. The molecule has 4 rings (SSSR count). The van der Waals surface area contributed by atoms with Crippen molar-refractivity contribution in [2.45, 2.75) is 20.4 Å². The van der Waals surface area contributed by atoms with Crippen LogP contribution in [0.15, 0.2) is 46.9 Å². The van der Waals surface area contributed by atoms with E-state index in [2.05, 4.69) is 44.1 Å². The van der Waals surface area contributed by atoms with Crippen LogP contribution in [-0.4, -0.2) is 40.4 Å². The monoisotopic (exact) mass is 469 g/mol. The lowest BCUT2D eigenvalue weighted by Crippen LogP contribution is -2.32. The largest absolute Gasteiger partial charge is 0.322 e. The highest BCUT2D eigenvalue weighted by atomic mass is 79.9. The topological polar surface area (TPSA) is 45.2 Å². The van der Waals surface area contributed by atoms with Crippen molar-refractivity contribution < 1.29 is 4.79 Å². The smallest absolute Gasteiger partial charge is 0.256 e. The number of nitrogens with zero attached hydrogens (tertiary/aromatic N) is 2. The number of carbonyl (C=O) groups excluding carboxylic acids is 1. The van der Waals surface area contributed by atoms with Crippen LogP contribution in [0.2, 0.25) is 0 Å². The Morgan fingerprint density at radius 2 is 1.97 bits per heavy atom. The molecule has 2 heterocycles. The number of aromatic nitrogens is 1. The summed E-state index contributed by atoms with van der Waals surface area (Å²) in [4.78, 5) is 20.2. The average Bonchev–Trinajstić information content (AvgIpc) is 2.71. The van der Waals surface area contributed by atoms with Crippen LogP contribution in [0.5, 0.6) is 0 Å². The molecule has 1 aliphatic rings. The number of pyridine rings is 1. The molecule has 0 spiro atoms. The number of anilines is 1. The summed E-state index contributed by atoms with van der Waals surface area (Å²) in [6.07, 6.45) is 0. The number of benzene rings is 2. The molecule has 1 N–H and O–H groups in total. The minimum atomic E-state index is -0.103. The van der Waals surface area contributed by atoms with Gasteiger partial charge in [-0.25, -0.2) is 0 Å². The minimum absolute atomic E-state index is 0.103. The van der Waals surface area contributed by atoms with E-state index >= 15 is 0 Å². The second kappa shape index (κ2) is 8.86. The number of carbonyl (C=O) groups is 1. The van der Waals surface area contributed by atoms with Crippen molar-refractivity contribution in [1.29, 1.82) is 0 Å². The van der Waals surface area contributed by atoms with Gasteiger partial charge in [0.2, 0.25) is 0 Å². The maximum atomic E-state index is 13.2. The average molecular weight is 470 g/mol. The molecule has 0 radical (unpaired) electrons. The molecular weight excluding hydrogens is 446 g/mol. The van der Waals surface area contributed by atoms with Gasteiger partial charge >= 0.3 is 0 Å². The molecule has 0 bridgehead atoms. The molecule has 6 heteroatoms. The Balaban J connectivity index is 1.61. The van der Waals surface area contributed by atoms with Crippen molar-refractivity contribution in [3.8, 4) is 0 Å². The van der Waals surface area contributed by atoms with Crippen LogP contribution in [0.4, 0.5) is 5.69 Å². The molecule has 0 aliphatic carbocycles. The van der Waals surface area contributed by atoms with Gasteiger partial charge in [0, 0.05) is 52.4 Å². The molecule has 0 saturated carbocycles. The van der Waals surface area contributed by atoms with Crippen LogP contribution in [0, 0.1) is 13.8 Å². The fraction of sp³-hybridized carbons (Fsp3) is 0.304. The summed E-state index contributed by atoms with van der Waals surface area (Å²) in [5.74, 6) is 2.28. The maximum Gasteiger partial charge on any atom is 0.256 e. The van der Waals surface area contributed by atoms with Crippen LogP contribution in [0.3, 0.4) is 0 Å². The molecular formula is C23H24BrN3OS. The van der Waals surface area contributed by atoms with Gasteiger partial charge in [-0.1, -0.05) is 28.1 Å². The fourth-order valence-electron chi connectivity index (χ4n) is 3.70. The summed E-state index contributed by atoms with van der Waals surface area (Å²) >= 11 is 5.52. The minimum Gasteiger partial charge on any atom is -0.322 e. The number of rotatable bonds is 4. The van der Waals surface area contributed by atoms with E-state index in [-0.39, 0.29) is 5.91 Å². The van der Waals surface area contributed by atoms with E-state index in [1.54, 1.807) is 0 Å². The first-order valence-corrected chi connectivity index (χ1v) is 11.7. The molecule has 29 heavy (non-hydrogen) atoms. The zero-order chi connectivity index (χ0) is 20.4. The third-order valence-electron chi connectivity index (χ3n) is 5.34. The summed E-state index contributed by atoms with van der Waals surface area (Å²) in [5.41, 5.74) is 5.58. The Hall–Kier alpha value is -1.89. The van der Waals surface area contributed by atoms with Gasteiger partial charge in [0.05, 0.1) is 11.1 Å². The number of halogens is 1. The Morgan fingerprint density at radius 3 is 2.76 bits per heavy atom. The number of thioether (sulfide) groups is 1. The first-order chi connectivity index (χ1) is 14.0. The predicted octanol–water partition coefficient (Wildman–Crippen LogP) is 5.42. The van der Waals surface area contributed by atoms with Gasteiger partial charge in [0.25, 0.3) is 5.91 Å². The lowest BCUT2D eigenvalue weighted by Gasteiger charge is -2.27. The first-order valence-electron chi connectivity index (χ1n) is 9.78. The van der Waals surface area contributed by atoms with Crippen LogP contribution in [0.25, 0.3) is 10.9 Å². The molecule has 0 unspecified atom stereocenters. The van der Waals surface area contributed by atoms with Crippen molar-refractivity contribution in [2.75, 3.05) is 29.9 Å². The zero-order valence-electron chi connectivity index (χ0n) is 16.7. The second-order valence-corrected chi connectivity index (χ2v) is 9.55. The van der Waals surface area contributed by atoms with Crippen molar-refractivity contribution >= 4 is 50.2 Å². The molecule has 4 nitrogen and oxygen atoms in total. The van der Waals surface area contributed by atoms with Crippen LogP contribution in [0.1, 0.15) is 27.2 Å². The standard InChI is InChI=1S/C23H24BrN3OS/c1-15-12-20(19-13-18(24)6-7-22(19)25-15)23(28)26-21-5-3-4-17(16(21)2)14-27-8-10-29-11-9-27/h3-7,12-13H,8-11,14H2,1-2H3,(H,26,28). The number of fused-ring (bicyclic) bond motifs is 1. The van der Waals surface area contributed by atoms with Crippen LogP contribution < -0.4 is 5.32 Å². The maximum absolute atomic E-state index is 13.2. The normalized spacial score (nSPS) is 14.9. The van der Waals surface area contributed by atoms with E-state index in [1.165, 1.54) is 17.1 Å². The SMILES string of the molecule is Cc1cc(C(=O)Nc2cccc(CN3CCSCC3)c2C)c2cc(Br)ccc2n1. The number of amides is 1. The fourth-order valence-corrected chi connectivity index (χ4v) is 5.04. The molecule has 0 atom stereocenters. The van der Waals surface area contributed by atoms with Crippen molar-refractivity contribution in [3.05, 3.63) is 69.3 Å². The van der Waals surface area contributed by atoms with E-state index in [1.807, 2.05) is 55.1 Å². The molecule has 3 aromatic rings. The quantitative estimate of drug-likeness (QED) is 0.554. The molecule has 1 aromatic heterocycles. The number of nitrogens with one attached hydrogen (secondary N) is 1. The van der Waals surface area contributed by atoms with E-state index in [0.717, 1.165) is 52.0 Å². The summed E-state index contributed by atoms with van der Waals surface area (Å²) in [6, 6.07) is 13.9. The van der Waals surface area contributed by atoms with Crippen molar-refractivity contribution in [3.63, 3.8) is 0 Å². The summed E-state index contributed by atoms with van der Waals surface area (Å²) in [6.45, 7) is 7.19. The van der Waals surface area contributed by atoms with Gasteiger partial charge in [-0.15, -0.1) is 0 Å². The summed E-state index contributed by atoms with van der Waals surface area (Å²) in [7, 11) is 0. The third kappa shape index (κ3) is 4.65. The van der Waals surface area contributed by atoms with E-state index in [9.17, 15) is 4.79 Å². The van der Waals surface area contributed by atoms with E-state index < -0.39 is 0 Å². The van der Waals surface area contributed by atoms with Gasteiger partial charge in [0.1, 0.15) is 0 Å². The van der Waals surface area contributed by atoms with Gasteiger partial charge in [-0.05, 0) is 55.3 Å². The second-order valence-electron chi connectivity index (χ2n) is 7.41. The zero-order valence-corrected chi connectivity index (χ0v) is 19.1. The number of hydrogen-bond donors (Lipinski definition) is 1. The van der Waals surface area contributed by atoms with Gasteiger partial charge in [-0.3, -0.25) is 14.7 Å². The van der Waals surface area contributed by atoms with Crippen molar-refractivity contribution in [1.82, 2.24) is 9.88 Å². The van der Waals surface area contributed by atoms with Crippen LogP contribution >= 0.6 is 27.7 Å². The van der Waals surface area contributed by atoms with Gasteiger partial charge < -0.3 is 5.32 Å². The first kappa shape index (κ1) is 20.4. The highest BCUT2D eigenvalue weighted by Gasteiger charge is 2.16. The lowest BCUT2D eigenvalue weighted by molar-refractivity contribution is 0.102. The summed E-state index contributed by atoms with van der Waals surface area (Å²) < 4.78 is 0.933. The van der Waals surface area contributed by atoms with Crippen LogP contribution in [-0.2, 0) is 6.54 Å².